The minimum atomic E-state index is -0.538. The Hall–Kier alpha value is -1.23. The second-order valence-corrected chi connectivity index (χ2v) is 5.54. The molecule has 18 heavy (non-hydrogen) atoms. The molecule has 5 heteroatoms. The van der Waals surface area contributed by atoms with Gasteiger partial charge in [-0.25, -0.2) is 4.79 Å². The van der Waals surface area contributed by atoms with Crippen LogP contribution in [0, 0.1) is 0 Å². The summed E-state index contributed by atoms with van der Waals surface area (Å²) in [5.41, 5.74) is -0.133. The fourth-order valence-corrected chi connectivity index (χ4v) is 1.83. The van der Waals surface area contributed by atoms with Crippen molar-refractivity contribution in [2.45, 2.75) is 26.4 Å². The lowest BCUT2D eigenvalue weighted by Crippen LogP contribution is -2.24. The second-order valence-electron chi connectivity index (χ2n) is 4.69. The highest BCUT2D eigenvalue weighted by atomic mass is 79.9. The Kier molecular flexibility index (Phi) is 4.62. The summed E-state index contributed by atoms with van der Waals surface area (Å²) in [5, 5.41) is 0. The molecule has 4 nitrogen and oxygen atoms in total. The molecule has 0 atom stereocenters. The molecule has 0 saturated heterocycles. The molecule has 0 aliphatic rings. The first-order valence-electron chi connectivity index (χ1n) is 5.43. The molecular weight excluding hydrogens is 300 g/mol. The van der Waals surface area contributed by atoms with Crippen molar-refractivity contribution in [1.82, 2.24) is 0 Å². The van der Waals surface area contributed by atoms with E-state index in [1.807, 2.05) is 20.8 Å². The third-order valence-corrected chi connectivity index (χ3v) is 2.75. The number of hydrogen-bond donors (Lipinski definition) is 0. The van der Waals surface area contributed by atoms with Crippen LogP contribution in [0.3, 0.4) is 0 Å². The van der Waals surface area contributed by atoms with Crippen molar-refractivity contribution in [2.75, 3.05) is 14.2 Å². The van der Waals surface area contributed by atoms with Gasteiger partial charge in [-0.2, -0.15) is 0 Å². The molecular formula is C13H17BrO4. The monoisotopic (exact) mass is 316 g/mol. The summed E-state index contributed by atoms with van der Waals surface area (Å²) in [6, 6.07) is 3.27. The number of methoxy groups -OCH3 is 2. The maximum absolute atomic E-state index is 12.0. The van der Waals surface area contributed by atoms with Crippen molar-refractivity contribution < 1.29 is 19.0 Å². The first kappa shape index (κ1) is 14.8. The lowest BCUT2D eigenvalue weighted by atomic mass is 10.1. The van der Waals surface area contributed by atoms with E-state index in [0.717, 1.165) is 0 Å². The predicted molar refractivity (Wildman–Crippen MR) is 72.4 cm³/mol. The largest absolute Gasteiger partial charge is 0.493 e. The van der Waals surface area contributed by atoms with E-state index in [1.165, 1.54) is 14.2 Å². The molecule has 1 rings (SSSR count). The summed E-state index contributed by atoms with van der Waals surface area (Å²) in [4.78, 5) is 12.0. The number of carbonyl (C=O) groups excluding carboxylic acids is 1. The van der Waals surface area contributed by atoms with Gasteiger partial charge in [0.2, 0.25) is 0 Å². The summed E-state index contributed by atoms with van der Waals surface area (Å²) in [6.45, 7) is 5.46. The summed E-state index contributed by atoms with van der Waals surface area (Å²) in [5.74, 6) is 0.633. The summed E-state index contributed by atoms with van der Waals surface area (Å²) in [7, 11) is 3.06. The Morgan fingerprint density at radius 3 is 2.06 bits per heavy atom. The number of ether oxygens (including phenoxy) is 3. The number of benzene rings is 1. The van der Waals surface area contributed by atoms with Crippen LogP contribution in [0.5, 0.6) is 11.5 Å². The van der Waals surface area contributed by atoms with Crippen LogP contribution in [-0.4, -0.2) is 25.8 Å². The van der Waals surface area contributed by atoms with Crippen molar-refractivity contribution in [3.63, 3.8) is 0 Å². The lowest BCUT2D eigenvalue weighted by molar-refractivity contribution is 0.00681. The molecule has 0 bridgehead atoms. The van der Waals surface area contributed by atoms with Crippen LogP contribution in [0.25, 0.3) is 0 Å². The molecule has 0 spiro atoms. The Bertz CT molecular complexity index is 449. The third kappa shape index (κ3) is 3.63. The van der Waals surface area contributed by atoms with Crippen LogP contribution < -0.4 is 9.47 Å². The normalized spacial score (nSPS) is 11.0. The van der Waals surface area contributed by atoms with Gasteiger partial charge in [-0.15, -0.1) is 0 Å². The second kappa shape index (κ2) is 5.61. The summed E-state index contributed by atoms with van der Waals surface area (Å²) in [6.07, 6.45) is 0. The van der Waals surface area contributed by atoms with Crippen LogP contribution in [0.2, 0.25) is 0 Å². The Morgan fingerprint density at radius 2 is 1.61 bits per heavy atom. The maximum Gasteiger partial charge on any atom is 0.339 e. The van der Waals surface area contributed by atoms with Crippen molar-refractivity contribution in [1.29, 1.82) is 0 Å². The van der Waals surface area contributed by atoms with E-state index in [2.05, 4.69) is 15.9 Å². The third-order valence-electron chi connectivity index (χ3n) is 2.09. The average Bonchev–Trinajstić information content (AvgIpc) is 2.26. The van der Waals surface area contributed by atoms with Crippen LogP contribution >= 0.6 is 15.9 Å². The minimum absolute atomic E-state index is 0.405. The summed E-state index contributed by atoms with van der Waals surface area (Å²) >= 11 is 3.32. The number of hydrogen-bond acceptors (Lipinski definition) is 4. The van der Waals surface area contributed by atoms with Crippen molar-refractivity contribution in [3.8, 4) is 11.5 Å². The highest BCUT2D eigenvalue weighted by Gasteiger charge is 2.21. The Balaban J connectivity index is 3.13. The van der Waals surface area contributed by atoms with Gasteiger partial charge in [-0.05, 0) is 48.8 Å². The number of carbonyl (C=O) groups is 1. The Labute approximate surface area is 115 Å². The molecule has 0 saturated carbocycles. The van der Waals surface area contributed by atoms with E-state index in [1.54, 1.807) is 12.1 Å². The molecule has 0 fully saturated rings. The molecule has 0 heterocycles. The van der Waals surface area contributed by atoms with Gasteiger partial charge in [0, 0.05) is 4.47 Å². The molecule has 1 aromatic carbocycles. The van der Waals surface area contributed by atoms with Crippen LogP contribution in [-0.2, 0) is 4.74 Å². The molecule has 0 amide bonds. The van der Waals surface area contributed by atoms with Gasteiger partial charge in [-0.3, -0.25) is 0 Å². The minimum Gasteiger partial charge on any atom is -0.493 e. The number of halogens is 1. The van der Waals surface area contributed by atoms with Crippen molar-refractivity contribution >= 4 is 21.9 Å². The number of rotatable bonds is 3. The van der Waals surface area contributed by atoms with Crippen LogP contribution in [0.4, 0.5) is 0 Å². The SMILES string of the molecule is COc1cc(Br)c(C(=O)OC(C)(C)C)cc1OC. The smallest absolute Gasteiger partial charge is 0.339 e. The fraction of sp³-hybridized carbons (Fsp3) is 0.462. The van der Waals surface area contributed by atoms with Gasteiger partial charge in [0.25, 0.3) is 0 Å². The summed E-state index contributed by atoms with van der Waals surface area (Å²) < 4.78 is 16.2. The van der Waals surface area contributed by atoms with Gasteiger partial charge in [0.05, 0.1) is 19.8 Å². The average molecular weight is 317 g/mol. The fourth-order valence-electron chi connectivity index (χ4n) is 1.34. The molecule has 1 aromatic rings. The van der Waals surface area contributed by atoms with Gasteiger partial charge in [0.1, 0.15) is 5.60 Å². The highest BCUT2D eigenvalue weighted by Crippen LogP contribution is 2.34. The van der Waals surface area contributed by atoms with Gasteiger partial charge >= 0.3 is 5.97 Å². The van der Waals surface area contributed by atoms with E-state index in [9.17, 15) is 4.79 Å². The zero-order valence-corrected chi connectivity index (χ0v) is 12.8. The van der Waals surface area contributed by atoms with Gasteiger partial charge < -0.3 is 14.2 Å². The standard InChI is InChI=1S/C13H17BrO4/c1-13(2,3)18-12(15)8-6-10(16-4)11(17-5)7-9(8)14/h6-7H,1-5H3. The van der Waals surface area contributed by atoms with Crippen LogP contribution in [0.1, 0.15) is 31.1 Å². The van der Waals surface area contributed by atoms with E-state index in [-0.39, 0.29) is 0 Å². The van der Waals surface area contributed by atoms with Crippen molar-refractivity contribution in [3.05, 3.63) is 22.2 Å². The molecule has 0 unspecified atom stereocenters. The lowest BCUT2D eigenvalue weighted by Gasteiger charge is -2.20. The Morgan fingerprint density at radius 1 is 1.11 bits per heavy atom. The quantitative estimate of drug-likeness (QED) is 0.801. The van der Waals surface area contributed by atoms with Gasteiger partial charge in [-0.1, -0.05) is 0 Å². The first-order valence-corrected chi connectivity index (χ1v) is 6.22. The molecule has 0 radical (unpaired) electrons. The zero-order valence-electron chi connectivity index (χ0n) is 11.2. The van der Waals surface area contributed by atoms with E-state index < -0.39 is 11.6 Å². The van der Waals surface area contributed by atoms with Gasteiger partial charge in [0.15, 0.2) is 11.5 Å². The van der Waals surface area contributed by atoms with Crippen LogP contribution in [0.15, 0.2) is 16.6 Å². The van der Waals surface area contributed by atoms with Crippen molar-refractivity contribution in [2.24, 2.45) is 0 Å². The zero-order chi connectivity index (χ0) is 13.9. The molecule has 0 N–H and O–H groups in total. The highest BCUT2D eigenvalue weighted by molar-refractivity contribution is 9.10. The molecule has 100 valence electrons. The van der Waals surface area contributed by atoms with E-state index in [4.69, 9.17) is 14.2 Å². The number of esters is 1. The van der Waals surface area contributed by atoms with E-state index >= 15 is 0 Å². The topological polar surface area (TPSA) is 44.8 Å². The first-order chi connectivity index (χ1) is 8.28. The molecule has 0 aromatic heterocycles. The molecule has 0 aliphatic heterocycles. The van der Waals surface area contributed by atoms with E-state index in [0.29, 0.717) is 21.5 Å². The maximum atomic E-state index is 12.0. The molecule has 0 aliphatic carbocycles. The predicted octanol–water partition coefficient (Wildman–Crippen LogP) is 3.42.